The number of rotatable bonds is 5. The molecule has 3 aromatic rings. The van der Waals surface area contributed by atoms with Gasteiger partial charge in [-0.2, -0.15) is 23.1 Å². The topological polar surface area (TPSA) is 102 Å². The van der Waals surface area contributed by atoms with E-state index in [0.717, 1.165) is 18.6 Å². The molecule has 4 atom stereocenters. The van der Waals surface area contributed by atoms with Crippen LogP contribution in [-0.4, -0.2) is 82.3 Å². The Morgan fingerprint density at radius 3 is 2.64 bits per heavy atom. The molecule has 0 spiro atoms. The van der Waals surface area contributed by atoms with Crippen LogP contribution in [0.4, 0.5) is 37.8 Å². The fraction of sp³-hybridized carbons (Fsp3) is 0.567. The summed E-state index contributed by atoms with van der Waals surface area (Å²) >= 11 is 0. The number of pyridine rings is 1. The highest BCUT2D eigenvalue weighted by Crippen LogP contribution is 2.49. The maximum Gasteiger partial charge on any atom is 0.417 e. The molecule has 9 nitrogen and oxygen atoms in total. The number of fused-ring (bicyclic) bond motifs is 3. The van der Waals surface area contributed by atoms with Crippen LogP contribution in [0.5, 0.6) is 11.9 Å². The minimum absolute atomic E-state index is 0.00386. The lowest BCUT2D eigenvalue weighted by atomic mass is 9.85. The fourth-order valence-electron chi connectivity index (χ4n) is 7.31. The Kier molecular flexibility index (Phi) is 6.82. The fourth-order valence-corrected chi connectivity index (χ4v) is 7.31. The number of nitrogens with zero attached hydrogens (tertiary/aromatic N) is 5. The van der Waals surface area contributed by atoms with Gasteiger partial charge in [-0.15, -0.1) is 0 Å². The van der Waals surface area contributed by atoms with E-state index in [4.69, 9.17) is 15.2 Å². The van der Waals surface area contributed by atoms with Crippen molar-refractivity contribution in [1.29, 1.82) is 0 Å². The Labute approximate surface area is 255 Å². The van der Waals surface area contributed by atoms with Crippen molar-refractivity contribution in [2.24, 2.45) is 0 Å². The molecular formula is C30H33F6N7O2. The zero-order valence-electron chi connectivity index (χ0n) is 24.9. The van der Waals surface area contributed by atoms with Gasteiger partial charge in [0.2, 0.25) is 5.88 Å². The van der Waals surface area contributed by atoms with E-state index < -0.39 is 46.4 Å². The Morgan fingerprint density at radius 2 is 1.98 bits per heavy atom. The molecule has 3 saturated heterocycles. The summed E-state index contributed by atoms with van der Waals surface area (Å²) in [6, 6.07) is 1.69. The first-order chi connectivity index (χ1) is 21.2. The van der Waals surface area contributed by atoms with Crippen molar-refractivity contribution in [2.45, 2.75) is 75.9 Å². The van der Waals surface area contributed by atoms with E-state index in [1.54, 1.807) is 11.8 Å². The van der Waals surface area contributed by atoms with Crippen LogP contribution in [0.15, 0.2) is 12.1 Å². The molecule has 4 aliphatic rings. The molecule has 6 heterocycles. The number of piperazine rings is 1. The summed E-state index contributed by atoms with van der Waals surface area (Å²) in [5.41, 5.74) is 2.22. The van der Waals surface area contributed by atoms with Gasteiger partial charge >= 0.3 is 12.2 Å². The average Bonchev–Trinajstić information content (AvgIpc) is 3.06. The summed E-state index contributed by atoms with van der Waals surface area (Å²) in [6.45, 7) is 6.01. The number of nitrogen functional groups attached to an aromatic ring is 1. The lowest BCUT2D eigenvalue weighted by Gasteiger charge is -2.46. The molecule has 2 aromatic heterocycles. The van der Waals surface area contributed by atoms with E-state index in [0.29, 0.717) is 26.1 Å². The predicted molar refractivity (Wildman–Crippen MR) is 154 cm³/mol. The quantitative estimate of drug-likeness (QED) is 0.298. The second kappa shape index (κ2) is 10.2. The molecule has 0 radical (unpaired) electrons. The second-order valence-corrected chi connectivity index (χ2v) is 12.7. The van der Waals surface area contributed by atoms with Crippen LogP contribution < -0.4 is 25.4 Å². The maximum atomic E-state index is 16.7. The first-order valence-electron chi connectivity index (χ1n) is 15.0. The van der Waals surface area contributed by atoms with Crippen LogP contribution in [0.1, 0.15) is 44.2 Å². The van der Waals surface area contributed by atoms with Crippen molar-refractivity contribution in [3.05, 3.63) is 29.1 Å². The summed E-state index contributed by atoms with van der Waals surface area (Å²) < 4.78 is 100. The molecule has 4 aliphatic heterocycles. The van der Waals surface area contributed by atoms with Gasteiger partial charge in [-0.25, -0.2) is 18.2 Å². The molecule has 0 saturated carbocycles. The first kappa shape index (κ1) is 30.1. The Hall–Kier alpha value is -3.59. The lowest BCUT2D eigenvalue weighted by molar-refractivity contribution is -0.137. The molecule has 0 unspecified atom stereocenters. The monoisotopic (exact) mass is 637 g/mol. The zero-order chi connectivity index (χ0) is 32.1. The largest absolute Gasteiger partial charge is 0.472 e. The molecule has 3 N–H and O–H groups in total. The zero-order valence-corrected chi connectivity index (χ0v) is 24.9. The second-order valence-electron chi connectivity index (χ2n) is 12.7. The molecule has 242 valence electrons. The van der Waals surface area contributed by atoms with Gasteiger partial charge in [0.15, 0.2) is 5.82 Å². The number of aromatic nitrogens is 3. The van der Waals surface area contributed by atoms with Crippen molar-refractivity contribution in [3.8, 4) is 23.1 Å². The highest BCUT2D eigenvalue weighted by atomic mass is 19.4. The van der Waals surface area contributed by atoms with Crippen molar-refractivity contribution in [2.75, 3.05) is 43.4 Å². The smallest absolute Gasteiger partial charge is 0.417 e. The number of anilines is 2. The number of nitrogens with two attached hydrogens (primary N) is 1. The van der Waals surface area contributed by atoms with Crippen LogP contribution >= 0.6 is 0 Å². The number of hydrogen-bond acceptors (Lipinski definition) is 9. The predicted octanol–water partition coefficient (Wildman–Crippen LogP) is 4.94. The molecule has 1 aromatic carbocycles. The molecule has 0 bridgehead atoms. The minimum atomic E-state index is -4.84. The molecule has 3 fully saturated rings. The van der Waals surface area contributed by atoms with E-state index >= 15 is 4.39 Å². The van der Waals surface area contributed by atoms with E-state index in [2.05, 4.69) is 20.3 Å². The van der Waals surface area contributed by atoms with Gasteiger partial charge in [0.05, 0.1) is 23.7 Å². The van der Waals surface area contributed by atoms with Gasteiger partial charge in [-0.05, 0) is 44.4 Å². The molecule has 7 rings (SSSR count). The van der Waals surface area contributed by atoms with E-state index in [9.17, 15) is 22.0 Å². The average molecular weight is 638 g/mol. The molecular weight excluding hydrogens is 604 g/mol. The van der Waals surface area contributed by atoms with Gasteiger partial charge in [-0.3, -0.25) is 4.90 Å². The van der Waals surface area contributed by atoms with Crippen molar-refractivity contribution >= 4 is 22.4 Å². The summed E-state index contributed by atoms with van der Waals surface area (Å²) in [5, 5.41) is 3.56. The first-order valence-corrected chi connectivity index (χ1v) is 15.0. The van der Waals surface area contributed by atoms with Crippen LogP contribution in [0, 0.1) is 12.7 Å². The third-order valence-corrected chi connectivity index (χ3v) is 9.64. The minimum Gasteiger partial charge on any atom is -0.472 e. The van der Waals surface area contributed by atoms with Crippen LogP contribution in [0.3, 0.4) is 0 Å². The number of alkyl halides is 5. The Bertz CT molecular complexity index is 1690. The lowest BCUT2D eigenvalue weighted by Crippen LogP contribution is -2.60. The van der Waals surface area contributed by atoms with Crippen LogP contribution in [0.25, 0.3) is 22.2 Å². The Balaban J connectivity index is 1.42. The number of benzene rings is 1. The Morgan fingerprint density at radius 1 is 1.20 bits per heavy atom. The van der Waals surface area contributed by atoms with E-state index in [-0.39, 0.29) is 71.5 Å². The van der Waals surface area contributed by atoms with Gasteiger partial charge in [0.1, 0.15) is 35.1 Å². The van der Waals surface area contributed by atoms with Gasteiger partial charge < -0.3 is 25.4 Å². The highest BCUT2D eigenvalue weighted by Gasteiger charge is 2.60. The standard InChI is InChI=1S/C30H33F6N7O2/c1-4-17-10-43-19(9-38-17)15(3)45-26-20-24(22(31)23(39-26)18-8-16(37)7-14(2)21(18)30(34,35)36)40-27(41-25(20)43)44-13-28-5-6-42(28)12-29(32,33)11-28/h7-8,15,17,19,38H,4-6,9-13,37H2,1-3H3/t15-,17+,19-,28+/m0/s1. The van der Waals surface area contributed by atoms with Crippen molar-refractivity contribution in [3.63, 3.8) is 0 Å². The summed E-state index contributed by atoms with van der Waals surface area (Å²) in [4.78, 5) is 17.0. The maximum absolute atomic E-state index is 16.7. The van der Waals surface area contributed by atoms with Crippen molar-refractivity contribution in [1.82, 2.24) is 25.2 Å². The highest BCUT2D eigenvalue weighted by molar-refractivity contribution is 5.97. The number of hydrogen-bond donors (Lipinski definition) is 2. The van der Waals surface area contributed by atoms with Crippen LogP contribution in [-0.2, 0) is 6.18 Å². The number of ether oxygens (including phenoxy) is 2. The van der Waals surface area contributed by atoms with Gasteiger partial charge in [0.25, 0.3) is 5.92 Å². The van der Waals surface area contributed by atoms with E-state index in [1.165, 1.54) is 6.92 Å². The molecule has 0 amide bonds. The molecule has 0 aliphatic carbocycles. The number of aryl methyl sites for hydroxylation is 1. The SMILES string of the molecule is CC[C@@H]1CN2c3nc(OC[C@]45CCN4CC(F)(F)C5)nc4c(F)c(-c5cc(N)cc(C)c5C(F)(F)F)nc(c34)O[C@@H](C)[C@@H]2CN1. The number of halogens is 6. The molecule has 45 heavy (non-hydrogen) atoms. The van der Waals surface area contributed by atoms with Gasteiger partial charge in [-0.1, -0.05) is 6.92 Å². The van der Waals surface area contributed by atoms with E-state index in [1.807, 2.05) is 11.8 Å². The summed E-state index contributed by atoms with van der Waals surface area (Å²) in [5.74, 6) is -3.86. The third-order valence-electron chi connectivity index (χ3n) is 9.64. The summed E-state index contributed by atoms with van der Waals surface area (Å²) in [7, 11) is 0. The van der Waals surface area contributed by atoms with Gasteiger partial charge in [0, 0.05) is 43.3 Å². The van der Waals surface area contributed by atoms with Crippen molar-refractivity contribution < 1.29 is 35.8 Å². The number of nitrogens with one attached hydrogen (secondary N) is 1. The van der Waals surface area contributed by atoms with Crippen LogP contribution in [0.2, 0.25) is 0 Å². The summed E-state index contributed by atoms with van der Waals surface area (Å²) in [6.07, 6.45) is -4.48. The normalized spacial score (nSPS) is 27.4. The molecule has 15 heteroatoms. The third kappa shape index (κ3) is 4.89.